The number of carbonyl (C=O) groups is 2. The molecular weight excluding hydrogens is 326 g/mol. The van der Waals surface area contributed by atoms with E-state index in [1.165, 1.54) is 0 Å². The summed E-state index contributed by atoms with van der Waals surface area (Å²) in [5, 5.41) is 3.16. The Bertz CT molecular complexity index is 786. The van der Waals surface area contributed by atoms with Crippen LogP contribution in [0.4, 0.5) is 5.69 Å². The molecule has 1 aliphatic rings. The van der Waals surface area contributed by atoms with Crippen LogP contribution in [-0.2, 0) is 0 Å². The molecule has 0 unspecified atom stereocenters. The van der Waals surface area contributed by atoms with Gasteiger partial charge in [0.25, 0.3) is 11.8 Å². The van der Waals surface area contributed by atoms with Gasteiger partial charge in [-0.1, -0.05) is 11.6 Å². The summed E-state index contributed by atoms with van der Waals surface area (Å²) in [5.41, 5.74) is 2.06. The number of pyridine rings is 1. The normalized spacial score (nSPS) is 13.8. The fourth-order valence-electron chi connectivity index (χ4n) is 2.77. The molecular formula is C18H18ClN3O2. The van der Waals surface area contributed by atoms with Crippen LogP contribution in [0.3, 0.4) is 0 Å². The molecule has 0 spiro atoms. The molecule has 1 aromatic heterocycles. The average Bonchev–Trinajstić information content (AvgIpc) is 3.11. The molecule has 1 fully saturated rings. The van der Waals surface area contributed by atoms with Crippen LogP contribution in [0.15, 0.2) is 36.5 Å². The Morgan fingerprint density at radius 1 is 1.21 bits per heavy atom. The number of halogens is 1. The van der Waals surface area contributed by atoms with Crippen LogP contribution in [0.25, 0.3) is 0 Å². The second kappa shape index (κ2) is 7.01. The van der Waals surface area contributed by atoms with E-state index in [0.717, 1.165) is 25.9 Å². The molecule has 6 heteroatoms. The Balaban J connectivity index is 1.83. The number of aryl methyl sites for hydroxylation is 1. The highest BCUT2D eigenvalue weighted by Crippen LogP contribution is 2.25. The topological polar surface area (TPSA) is 62.3 Å². The molecule has 0 saturated carbocycles. The number of anilines is 1. The van der Waals surface area contributed by atoms with Crippen LogP contribution in [-0.4, -0.2) is 34.8 Å². The molecule has 1 aromatic carbocycles. The smallest absolute Gasteiger partial charge is 0.257 e. The lowest BCUT2D eigenvalue weighted by Crippen LogP contribution is -2.27. The van der Waals surface area contributed by atoms with Gasteiger partial charge in [-0.25, -0.2) is 0 Å². The highest BCUT2D eigenvalue weighted by atomic mass is 35.5. The minimum Gasteiger partial charge on any atom is -0.339 e. The van der Waals surface area contributed by atoms with Gasteiger partial charge in [-0.15, -0.1) is 0 Å². The summed E-state index contributed by atoms with van der Waals surface area (Å²) in [6.07, 6.45) is 3.70. The first-order valence-corrected chi connectivity index (χ1v) is 8.26. The Hall–Kier alpha value is -2.40. The quantitative estimate of drug-likeness (QED) is 0.927. The first kappa shape index (κ1) is 16.5. The summed E-state index contributed by atoms with van der Waals surface area (Å²) in [4.78, 5) is 30.8. The van der Waals surface area contributed by atoms with Gasteiger partial charge >= 0.3 is 0 Å². The van der Waals surface area contributed by atoms with Crippen molar-refractivity contribution in [2.24, 2.45) is 0 Å². The third-order valence-corrected chi connectivity index (χ3v) is 4.44. The van der Waals surface area contributed by atoms with Crippen LogP contribution in [0.1, 0.15) is 39.3 Å². The fraction of sp³-hybridized carbons (Fsp3) is 0.278. The molecule has 1 N–H and O–H groups in total. The van der Waals surface area contributed by atoms with Gasteiger partial charge in [0.15, 0.2) is 0 Å². The van der Waals surface area contributed by atoms with Crippen molar-refractivity contribution in [2.45, 2.75) is 19.8 Å². The van der Waals surface area contributed by atoms with Crippen molar-refractivity contribution in [3.8, 4) is 0 Å². The lowest BCUT2D eigenvalue weighted by Gasteiger charge is -2.16. The van der Waals surface area contributed by atoms with E-state index in [-0.39, 0.29) is 11.8 Å². The molecule has 3 rings (SSSR count). The van der Waals surface area contributed by atoms with E-state index >= 15 is 0 Å². The summed E-state index contributed by atoms with van der Waals surface area (Å²) in [6.45, 7) is 3.32. The van der Waals surface area contributed by atoms with Crippen molar-refractivity contribution in [2.75, 3.05) is 18.4 Å². The number of hydrogen-bond donors (Lipinski definition) is 1. The van der Waals surface area contributed by atoms with Gasteiger partial charge in [0.05, 0.1) is 16.3 Å². The highest BCUT2D eigenvalue weighted by molar-refractivity contribution is 6.34. The van der Waals surface area contributed by atoms with E-state index in [0.29, 0.717) is 27.5 Å². The monoisotopic (exact) mass is 343 g/mol. The lowest BCUT2D eigenvalue weighted by molar-refractivity contribution is 0.0792. The summed E-state index contributed by atoms with van der Waals surface area (Å²) < 4.78 is 0. The number of aromatic nitrogens is 1. The number of amides is 2. The zero-order valence-electron chi connectivity index (χ0n) is 13.4. The first-order valence-electron chi connectivity index (χ1n) is 7.88. The van der Waals surface area contributed by atoms with Crippen molar-refractivity contribution >= 4 is 29.1 Å². The fourth-order valence-corrected chi connectivity index (χ4v) is 2.94. The molecule has 0 radical (unpaired) electrons. The Morgan fingerprint density at radius 2 is 1.96 bits per heavy atom. The number of carbonyl (C=O) groups excluding carboxylic acids is 2. The molecule has 1 saturated heterocycles. The molecule has 1 aliphatic heterocycles. The van der Waals surface area contributed by atoms with E-state index in [4.69, 9.17) is 11.6 Å². The van der Waals surface area contributed by atoms with E-state index in [9.17, 15) is 9.59 Å². The van der Waals surface area contributed by atoms with Gasteiger partial charge in [0, 0.05) is 30.5 Å². The van der Waals surface area contributed by atoms with Crippen LogP contribution in [0, 0.1) is 6.92 Å². The number of nitrogens with zero attached hydrogens (tertiary/aromatic N) is 2. The predicted molar refractivity (Wildman–Crippen MR) is 93.5 cm³/mol. The summed E-state index contributed by atoms with van der Waals surface area (Å²) in [7, 11) is 0. The van der Waals surface area contributed by atoms with E-state index in [1.807, 2.05) is 4.90 Å². The SMILES string of the molecule is Cc1ncccc1C(=O)Nc1cc(C(=O)N2CCCC2)ccc1Cl. The largest absolute Gasteiger partial charge is 0.339 e. The maximum absolute atomic E-state index is 12.5. The lowest BCUT2D eigenvalue weighted by atomic mass is 10.1. The Labute approximate surface area is 145 Å². The minimum atomic E-state index is -0.298. The van der Waals surface area contributed by atoms with Crippen molar-refractivity contribution in [1.82, 2.24) is 9.88 Å². The molecule has 24 heavy (non-hydrogen) atoms. The standard InChI is InChI=1S/C18H18ClN3O2/c1-12-14(5-4-8-20-12)17(23)21-16-11-13(6-7-15(16)19)18(24)22-9-2-3-10-22/h4-8,11H,2-3,9-10H2,1H3,(H,21,23). The summed E-state index contributed by atoms with van der Waals surface area (Å²) in [5.74, 6) is -0.328. The number of nitrogens with one attached hydrogen (secondary N) is 1. The maximum Gasteiger partial charge on any atom is 0.257 e. The van der Waals surface area contributed by atoms with E-state index in [1.54, 1.807) is 43.5 Å². The molecule has 2 aromatic rings. The number of hydrogen-bond acceptors (Lipinski definition) is 3. The number of rotatable bonds is 3. The van der Waals surface area contributed by atoms with Crippen molar-refractivity contribution in [3.05, 3.63) is 58.4 Å². The van der Waals surface area contributed by atoms with Crippen LogP contribution in [0.2, 0.25) is 5.02 Å². The summed E-state index contributed by atoms with van der Waals surface area (Å²) in [6, 6.07) is 8.36. The van der Waals surface area contributed by atoms with Crippen LogP contribution in [0.5, 0.6) is 0 Å². The molecule has 0 aliphatic carbocycles. The van der Waals surface area contributed by atoms with Gasteiger partial charge in [0.1, 0.15) is 0 Å². The first-order chi connectivity index (χ1) is 11.6. The molecule has 2 heterocycles. The van der Waals surface area contributed by atoms with Gasteiger partial charge in [-0.3, -0.25) is 14.6 Å². The van der Waals surface area contributed by atoms with Gasteiger partial charge in [-0.2, -0.15) is 0 Å². The van der Waals surface area contributed by atoms with Gasteiger partial charge in [0.2, 0.25) is 0 Å². The van der Waals surface area contributed by atoms with Crippen molar-refractivity contribution in [1.29, 1.82) is 0 Å². The predicted octanol–water partition coefficient (Wildman–Crippen LogP) is 3.53. The number of benzene rings is 1. The molecule has 5 nitrogen and oxygen atoms in total. The van der Waals surface area contributed by atoms with Crippen molar-refractivity contribution in [3.63, 3.8) is 0 Å². The van der Waals surface area contributed by atoms with Crippen LogP contribution < -0.4 is 5.32 Å². The van der Waals surface area contributed by atoms with Crippen molar-refractivity contribution < 1.29 is 9.59 Å². The third kappa shape index (κ3) is 3.41. The Morgan fingerprint density at radius 3 is 2.67 bits per heavy atom. The molecule has 0 atom stereocenters. The second-order valence-electron chi connectivity index (χ2n) is 5.78. The Kier molecular flexibility index (Phi) is 4.81. The molecule has 0 bridgehead atoms. The minimum absolute atomic E-state index is 0.0303. The number of likely N-dealkylation sites (tertiary alicyclic amines) is 1. The third-order valence-electron chi connectivity index (χ3n) is 4.11. The summed E-state index contributed by atoms with van der Waals surface area (Å²) >= 11 is 6.18. The average molecular weight is 344 g/mol. The molecule has 124 valence electrons. The maximum atomic E-state index is 12.5. The van der Waals surface area contributed by atoms with E-state index < -0.39 is 0 Å². The zero-order chi connectivity index (χ0) is 17.1. The van der Waals surface area contributed by atoms with E-state index in [2.05, 4.69) is 10.3 Å². The van der Waals surface area contributed by atoms with Gasteiger partial charge in [-0.05, 0) is 50.1 Å². The second-order valence-corrected chi connectivity index (χ2v) is 6.19. The molecule has 2 amide bonds. The van der Waals surface area contributed by atoms with Gasteiger partial charge < -0.3 is 10.2 Å². The highest BCUT2D eigenvalue weighted by Gasteiger charge is 2.20. The van der Waals surface area contributed by atoms with Crippen LogP contribution >= 0.6 is 11.6 Å². The zero-order valence-corrected chi connectivity index (χ0v) is 14.1.